The lowest BCUT2D eigenvalue weighted by Gasteiger charge is -2.12. The molecule has 0 unspecified atom stereocenters. The molecule has 0 aliphatic rings. The molecule has 0 saturated heterocycles. The Balaban J connectivity index is 1.35. The molecule has 2 heterocycles. The van der Waals surface area contributed by atoms with Crippen molar-refractivity contribution in [2.45, 2.75) is 6.92 Å². The van der Waals surface area contributed by atoms with Crippen molar-refractivity contribution in [1.82, 2.24) is 19.5 Å². The lowest BCUT2D eigenvalue weighted by Crippen LogP contribution is -2.13. The molecule has 9 nitrogen and oxygen atoms in total. The number of nitrogen functional groups attached to an aromatic ring is 1. The number of aryl methyl sites for hydroxylation is 1. The largest absolute Gasteiger partial charge is 0.454 e. The van der Waals surface area contributed by atoms with Gasteiger partial charge in [-0.25, -0.2) is 18.2 Å². The van der Waals surface area contributed by atoms with Crippen LogP contribution in [0.25, 0.3) is 16.6 Å². The highest BCUT2D eigenvalue weighted by molar-refractivity contribution is 7.98. The number of hydrogen-bond acceptors (Lipinski definition) is 8. The number of aromatic amines is 1. The Bertz CT molecular complexity index is 1690. The highest BCUT2D eigenvalue weighted by atomic mass is 32.2. The third kappa shape index (κ3) is 5.64. The summed E-state index contributed by atoms with van der Waals surface area (Å²) in [5, 5.41) is 4.86. The molecule has 0 radical (unpaired) electrons. The van der Waals surface area contributed by atoms with E-state index >= 15 is 0 Å². The number of halogens is 2. The fourth-order valence-corrected chi connectivity index (χ4v) is 4.62. The van der Waals surface area contributed by atoms with Gasteiger partial charge in [-0.3, -0.25) is 4.79 Å². The minimum Gasteiger partial charge on any atom is -0.454 e. The molecule has 2 aromatic heterocycles. The van der Waals surface area contributed by atoms with Crippen LogP contribution in [0.4, 0.5) is 20.3 Å². The zero-order chi connectivity index (χ0) is 28.2. The lowest BCUT2D eigenvalue weighted by atomic mass is 10.1. The van der Waals surface area contributed by atoms with Crippen molar-refractivity contribution >= 4 is 40.3 Å². The van der Waals surface area contributed by atoms with Crippen molar-refractivity contribution in [3.8, 4) is 17.2 Å². The standard InChI is InChI=1S/C28H26F2N6O3S/c1-16-11-18(39-26-6-4-3-5-20(26)29)7-8-25(16)36-28(31)19(15-32-36)27(37)24-13-17-12-21(30)23(14-22(17)34-24)35-40-33-9-10-38-2/h3-8,11-15,33-35H,9-10,31H2,1-2H3. The van der Waals surface area contributed by atoms with Crippen LogP contribution in [0.3, 0.4) is 0 Å². The number of para-hydroxylation sites is 1. The zero-order valence-electron chi connectivity index (χ0n) is 21.6. The molecule has 5 aromatic rings. The quantitative estimate of drug-likeness (QED) is 0.0909. The number of nitrogens with one attached hydrogen (secondary N) is 3. The van der Waals surface area contributed by atoms with E-state index in [9.17, 15) is 13.6 Å². The Morgan fingerprint density at radius 1 is 1.12 bits per heavy atom. The number of carbonyl (C=O) groups is 1. The molecule has 0 aliphatic carbocycles. The fraction of sp³-hybridized carbons (Fsp3) is 0.143. The number of nitrogens with zero attached hydrogens (tertiary/aromatic N) is 2. The Kier molecular flexibility index (Phi) is 8.01. The predicted octanol–water partition coefficient (Wildman–Crippen LogP) is 5.76. The summed E-state index contributed by atoms with van der Waals surface area (Å²) in [7, 11) is 1.60. The van der Waals surface area contributed by atoms with Crippen LogP contribution in [0.5, 0.6) is 11.5 Å². The van der Waals surface area contributed by atoms with Crippen molar-refractivity contribution in [3.05, 3.63) is 95.3 Å². The average Bonchev–Trinajstić information content (AvgIpc) is 3.52. The number of methoxy groups -OCH3 is 1. The van der Waals surface area contributed by atoms with E-state index in [1.54, 1.807) is 55.6 Å². The summed E-state index contributed by atoms with van der Waals surface area (Å²) in [5.74, 6) is -0.623. The van der Waals surface area contributed by atoms with E-state index in [1.807, 2.05) is 6.92 Å². The first-order chi connectivity index (χ1) is 19.4. The van der Waals surface area contributed by atoms with Gasteiger partial charge in [-0.15, -0.1) is 0 Å². The summed E-state index contributed by atoms with van der Waals surface area (Å²) in [5.41, 5.74) is 9.00. The van der Waals surface area contributed by atoms with Gasteiger partial charge in [0.2, 0.25) is 5.78 Å². The number of hydrogen-bond donors (Lipinski definition) is 4. The van der Waals surface area contributed by atoms with E-state index in [4.69, 9.17) is 15.2 Å². The maximum Gasteiger partial charge on any atom is 0.214 e. The molecule has 0 fully saturated rings. The zero-order valence-corrected chi connectivity index (χ0v) is 22.4. The minimum atomic E-state index is -0.468. The van der Waals surface area contributed by atoms with Crippen molar-refractivity contribution in [1.29, 1.82) is 0 Å². The molecule has 5 N–H and O–H groups in total. The lowest BCUT2D eigenvalue weighted by molar-refractivity contribution is 0.103. The number of benzene rings is 3. The maximum atomic E-state index is 14.6. The molecule has 0 bridgehead atoms. The molecule has 3 aromatic carbocycles. The van der Waals surface area contributed by atoms with Gasteiger partial charge in [0.25, 0.3) is 0 Å². The van der Waals surface area contributed by atoms with E-state index in [-0.39, 0.29) is 34.3 Å². The Morgan fingerprint density at radius 3 is 2.73 bits per heavy atom. The normalized spacial score (nSPS) is 11.2. The van der Waals surface area contributed by atoms with Crippen LogP contribution in [0, 0.1) is 18.6 Å². The van der Waals surface area contributed by atoms with Gasteiger partial charge in [0.1, 0.15) is 17.4 Å². The summed E-state index contributed by atoms with van der Waals surface area (Å²) in [6.07, 6.45) is 1.39. The van der Waals surface area contributed by atoms with Crippen LogP contribution in [-0.2, 0) is 4.74 Å². The van der Waals surface area contributed by atoms with Gasteiger partial charge >= 0.3 is 0 Å². The third-order valence-electron chi connectivity index (χ3n) is 6.11. The second-order valence-corrected chi connectivity index (χ2v) is 9.56. The highest BCUT2D eigenvalue weighted by Crippen LogP contribution is 2.30. The first-order valence-electron chi connectivity index (χ1n) is 12.2. The van der Waals surface area contributed by atoms with Crippen LogP contribution >= 0.6 is 12.1 Å². The molecule has 12 heteroatoms. The summed E-state index contributed by atoms with van der Waals surface area (Å²) < 4.78 is 46.5. The smallest absolute Gasteiger partial charge is 0.214 e. The number of ketones is 1. The van der Waals surface area contributed by atoms with Crippen LogP contribution in [0.2, 0.25) is 0 Å². The van der Waals surface area contributed by atoms with E-state index < -0.39 is 11.6 Å². The van der Waals surface area contributed by atoms with E-state index in [0.717, 1.165) is 17.7 Å². The number of fused-ring (bicyclic) bond motifs is 1. The number of rotatable bonds is 11. The van der Waals surface area contributed by atoms with Gasteiger partial charge in [-0.2, -0.15) is 5.10 Å². The van der Waals surface area contributed by atoms with Gasteiger partial charge in [0.05, 0.1) is 35.4 Å². The summed E-state index contributed by atoms with van der Waals surface area (Å²) in [6, 6.07) is 15.8. The predicted molar refractivity (Wildman–Crippen MR) is 152 cm³/mol. The van der Waals surface area contributed by atoms with Crippen LogP contribution in [-0.4, -0.2) is 40.8 Å². The molecule has 0 aliphatic heterocycles. The Hall–Kier alpha value is -4.39. The van der Waals surface area contributed by atoms with Crippen molar-refractivity contribution in [2.75, 3.05) is 30.7 Å². The fourth-order valence-electron chi connectivity index (χ4n) is 4.09. The first-order valence-corrected chi connectivity index (χ1v) is 13.0. The summed E-state index contributed by atoms with van der Waals surface area (Å²) in [6.45, 7) is 2.93. The van der Waals surface area contributed by atoms with Crippen molar-refractivity contribution < 1.29 is 23.0 Å². The number of H-pyrrole nitrogens is 1. The summed E-state index contributed by atoms with van der Waals surface area (Å²) >= 11 is 1.13. The molecule has 206 valence electrons. The SMILES string of the molecule is COCCNSNc1cc2[nH]c(C(=O)c3cnn(-c4ccc(Oc5ccccc5F)cc4C)c3N)cc2cc1F. The van der Waals surface area contributed by atoms with E-state index in [0.29, 0.717) is 35.5 Å². The molecule has 0 atom stereocenters. The van der Waals surface area contributed by atoms with E-state index in [2.05, 4.69) is 19.5 Å². The first kappa shape index (κ1) is 27.2. The van der Waals surface area contributed by atoms with Gasteiger partial charge in [0.15, 0.2) is 11.6 Å². The molecule has 0 saturated carbocycles. The molecule has 0 spiro atoms. The number of aromatic nitrogens is 3. The molecular formula is C28H26F2N6O3S. The Labute approximate surface area is 232 Å². The number of nitrogens with two attached hydrogens (primary N) is 1. The number of carbonyl (C=O) groups excluding carboxylic acids is 1. The molecular weight excluding hydrogens is 538 g/mol. The number of ether oxygens (including phenoxy) is 2. The van der Waals surface area contributed by atoms with E-state index in [1.165, 1.54) is 23.0 Å². The third-order valence-corrected chi connectivity index (χ3v) is 6.78. The van der Waals surface area contributed by atoms with Crippen LogP contribution < -0.4 is 19.9 Å². The van der Waals surface area contributed by atoms with Crippen molar-refractivity contribution in [3.63, 3.8) is 0 Å². The second kappa shape index (κ2) is 11.8. The maximum absolute atomic E-state index is 14.6. The second-order valence-electron chi connectivity index (χ2n) is 8.86. The van der Waals surface area contributed by atoms with Crippen LogP contribution in [0.1, 0.15) is 21.6 Å². The van der Waals surface area contributed by atoms with Crippen molar-refractivity contribution in [2.24, 2.45) is 0 Å². The highest BCUT2D eigenvalue weighted by Gasteiger charge is 2.21. The number of anilines is 2. The Morgan fingerprint density at radius 2 is 1.95 bits per heavy atom. The minimum absolute atomic E-state index is 0.111. The average molecular weight is 565 g/mol. The van der Waals surface area contributed by atoms with Gasteiger partial charge in [0, 0.05) is 36.7 Å². The van der Waals surface area contributed by atoms with Gasteiger partial charge < -0.3 is 24.9 Å². The summed E-state index contributed by atoms with van der Waals surface area (Å²) in [4.78, 5) is 16.4. The van der Waals surface area contributed by atoms with Crippen LogP contribution in [0.15, 0.2) is 66.9 Å². The topological polar surface area (TPSA) is 119 Å². The molecule has 0 amide bonds. The van der Waals surface area contributed by atoms with Gasteiger partial charge in [-0.1, -0.05) is 12.1 Å². The van der Waals surface area contributed by atoms with Gasteiger partial charge in [-0.05, 0) is 61.0 Å². The molecule has 5 rings (SSSR count). The molecule has 40 heavy (non-hydrogen) atoms. The monoisotopic (exact) mass is 564 g/mol.